The lowest BCUT2D eigenvalue weighted by atomic mass is 10.1. The molecule has 0 aliphatic carbocycles. The zero-order chi connectivity index (χ0) is 16.8. The zero-order valence-electron chi connectivity index (χ0n) is 12.6. The van der Waals surface area contributed by atoms with Gasteiger partial charge in [0.2, 0.25) is 0 Å². The predicted molar refractivity (Wildman–Crippen MR) is 84.2 cm³/mol. The quantitative estimate of drug-likeness (QED) is 0.791. The van der Waals surface area contributed by atoms with Gasteiger partial charge in [-0.15, -0.1) is 0 Å². The highest BCUT2D eigenvalue weighted by Crippen LogP contribution is 2.17. The second-order valence-electron chi connectivity index (χ2n) is 5.07. The fourth-order valence-corrected chi connectivity index (χ4v) is 2.07. The van der Waals surface area contributed by atoms with Crippen molar-refractivity contribution < 1.29 is 18.7 Å². The van der Waals surface area contributed by atoms with Crippen molar-refractivity contribution in [2.75, 3.05) is 11.9 Å². The van der Waals surface area contributed by atoms with Crippen molar-refractivity contribution in [2.24, 2.45) is 0 Å². The van der Waals surface area contributed by atoms with Gasteiger partial charge in [-0.05, 0) is 30.2 Å². The molecule has 122 valence electrons. The second-order valence-corrected chi connectivity index (χ2v) is 5.07. The number of halogens is 2. The minimum atomic E-state index is -1.26. The van der Waals surface area contributed by atoms with Crippen molar-refractivity contribution in [1.82, 2.24) is 5.32 Å². The fourth-order valence-electron chi connectivity index (χ4n) is 2.07. The van der Waals surface area contributed by atoms with Crippen molar-refractivity contribution in [3.63, 3.8) is 0 Å². The van der Waals surface area contributed by atoms with Crippen molar-refractivity contribution in [1.29, 1.82) is 0 Å². The number of nitrogens with one attached hydrogen (secondary N) is 2. The number of amides is 2. The van der Waals surface area contributed by atoms with E-state index in [9.17, 15) is 18.7 Å². The molecule has 1 unspecified atom stereocenters. The highest BCUT2D eigenvalue weighted by Gasteiger charge is 2.14. The molecule has 0 saturated heterocycles. The Bertz CT molecular complexity index is 675. The van der Waals surface area contributed by atoms with Crippen LogP contribution in [0.25, 0.3) is 0 Å². The topological polar surface area (TPSA) is 61.4 Å². The number of aliphatic hydroxyl groups is 1. The molecule has 0 saturated carbocycles. The predicted octanol–water partition coefficient (Wildman–Crippen LogP) is 3.38. The van der Waals surface area contributed by atoms with Crippen molar-refractivity contribution >= 4 is 11.7 Å². The Morgan fingerprint density at radius 3 is 2.48 bits per heavy atom. The molecule has 0 heterocycles. The molecule has 2 amide bonds. The Balaban J connectivity index is 1.87. The van der Waals surface area contributed by atoms with Gasteiger partial charge in [-0.25, -0.2) is 13.6 Å². The van der Waals surface area contributed by atoms with Gasteiger partial charge >= 0.3 is 6.03 Å². The highest BCUT2D eigenvalue weighted by molar-refractivity contribution is 5.89. The van der Waals surface area contributed by atoms with Crippen molar-refractivity contribution in [3.8, 4) is 0 Å². The summed E-state index contributed by atoms with van der Waals surface area (Å²) in [6, 6.07) is 9.72. The summed E-state index contributed by atoms with van der Waals surface area (Å²) in [5, 5.41) is 14.9. The van der Waals surface area contributed by atoms with E-state index < -0.39 is 23.8 Å². The van der Waals surface area contributed by atoms with Gasteiger partial charge in [-0.3, -0.25) is 0 Å². The Kier molecular flexibility index (Phi) is 5.65. The maximum Gasteiger partial charge on any atom is 0.319 e. The first-order valence-corrected chi connectivity index (χ1v) is 7.26. The number of anilines is 1. The lowest BCUT2D eigenvalue weighted by molar-refractivity contribution is 0.170. The molecule has 1 atom stereocenters. The monoisotopic (exact) mass is 320 g/mol. The van der Waals surface area contributed by atoms with Crippen LogP contribution < -0.4 is 10.6 Å². The summed E-state index contributed by atoms with van der Waals surface area (Å²) in [5.41, 5.74) is 1.69. The van der Waals surface area contributed by atoms with Gasteiger partial charge in [0.05, 0.1) is 6.10 Å². The molecule has 0 bridgehead atoms. The number of carbonyl (C=O) groups excluding carboxylic acids is 1. The first kappa shape index (κ1) is 16.9. The van der Waals surface area contributed by atoms with Crippen LogP contribution in [0.15, 0.2) is 42.5 Å². The van der Waals surface area contributed by atoms with Crippen LogP contribution in [-0.2, 0) is 6.42 Å². The number of rotatable bonds is 5. The smallest absolute Gasteiger partial charge is 0.319 e. The summed E-state index contributed by atoms with van der Waals surface area (Å²) in [6.45, 7) is 1.84. The third-order valence-corrected chi connectivity index (χ3v) is 3.40. The number of carbonyl (C=O) groups is 1. The van der Waals surface area contributed by atoms with Gasteiger partial charge in [0.1, 0.15) is 11.6 Å². The minimum Gasteiger partial charge on any atom is -0.386 e. The van der Waals surface area contributed by atoms with Gasteiger partial charge in [0.25, 0.3) is 0 Å². The molecular formula is C17H18F2N2O2. The van der Waals surface area contributed by atoms with E-state index in [1.807, 2.05) is 19.1 Å². The van der Waals surface area contributed by atoms with E-state index in [0.29, 0.717) is 11.8 Å². The first-order valence-electron chi connectivity index (χ1n) is 7.26. The first-order chi connectivity index (χ1) is 11.0. The van der Waals surface area contributed by atoms with E-state index in [1.54, 1.807) is 12.1 Å². The van der Waals surface area contributed by atoms with E-state index in [2.05, 4.69) is 10.6 Å². The molecule has 0 aliphatic heterocycles. The van der Waals surface area contributed by atoms with Gasteiger partial charge in [-0.2, -0.15) is 0 Å². The molecule has 4 nitrogen and oxygen atoms in total. The van der Waals surface area contributed by atoms with Crippen LogP contribution in [0.1, 0.15) is 24.2 Å². The van der Waals surface area contributed by atoms with Crippen molar-refractivity contribution in [3.05, 3.63) is 65.2 Å². The number of aliphatic hydroxyl groups excluding tert-OH is 1. The Morgan fingerprint density at radius 1 is 1.17 bits per heavy atom. The minimum absolute atomic E-state index is 0.0704. The van der Waals surface area contributed by atoms with Crippen LogP contribution in [0.4, 0.5) is 19.3 Å². The van der Waals surface area contributed by atoms with Crippen LogP contribution in [0.2, 0.25) is 0 Å². The molecule has 0 radical (unpaired) electrons. The average molecular weight is 320 g/mol. The normalized spacial score (nSPS) is 11.8. The molecule has 2 rings (SSSR count). The number of urea groups is 1. The van der Waals surface area contributed by atoms with Crippen LogP contribution in [0.5, 0.6) is 0 Å². The number of hydrogen-bond donors (Lipinski definition) is 3. The van der Waals surface area contributed by atoms with Crippen LogP contribution in [0, 0.1) is 11.6 Å². The Morgan fingerprint density at radius 2 is 1.87 bits per heavy atom. The standard InChI is InChI=1S/C17H18F2N2O2/c1-2-11-3-6-13(7-4-11)21-17(23)20-10-16(22)14-8-5-12(18)9-15(14)19/h3-9,16,22H,2,10H2,1H3,(H2,20,21,23). The van der Waals surface area contributed by atoms with E-state index >= 15 is 0 Å². The molecule has 3 N–H and O–H groups in total. The largest absolute Gasteiger partial charge is 0.386 e. The molecule has 23 heavy (non-hydrogen) atoms. The van der Waals surface area contributed by atoms with E-state index in [-0.39, 0.29) is 12.1 Å². The molecular weight excluding hydrogens is 302 g/mol. The summed E-state index contributed by atoms with van der Waals surface area (Å²) in [7, 11) is 0. The Hall–Kier alpha value is -2.47. The van der Waals surface area contributed by atoms with E-state index in [4.69, 9.17) is 0 Å². The summed E-state index contributed by atoms with van der Waals surface area (Å²) in [5.74, 6) is -1.57. The maximum atomic E-state index is 13.5. The lowest BCUT2D eigenvalue weighted by Gasteiger charge is -2.14. The number of aryl methyl sites for hydroxylation is 1. The Labute approximate surface area is 133 Å². The van der Waals surface area contributed by atoms with Crippen LogP contribution in [-0.4, -0.2) is 17.7 Å². The van der Waals surface area contributed by atoms with Gasteiger partial charge in [0, 0.05) is 23.9 Å². The lowest BCUT2D eigenvalue weighted by Crippen LogP contribution is -2.32. The summed E-state index contributed by atoms with van der Waals surface area (Å²) in [4.78, 5) is 11.8. The molecule has 2 aromatic rings. The van der Waals surface area contributed by atoms with Gasteiger partial charge < -0.3 is 15.7 Å². The van der Waals surface area contributed by atoms with Gasteiger partial charge in [0.15, 0.2) is 0 Å². The molecule has 2 aromatic carbocycles. The summed E-state index contributed by atoms with van der Waals surface area (Å²) >= 11 is 0. The highest BCUT2D eigenvalue weighted by atomic mass is 19.1. The van der Waals surface area contributed by atoms with Crippen LogP contribution in [0.3, 0.4) is 0 Å². The molecule has 0 spiro atoms. The number of hydrogen-bond acceptors (Lipinski definition) is 2. The van der Waals surface area contributed by atoms with Gasteiger partial charge in [-0.1, -0.05) is 25.1 Å². The summed E-state index contributed by atoms with van der Waals surface area (Å²) < 4.78 is 26.3. The average Bonchev–Trinajstić information content (AvgIpc) is 2.53. The fraction of sp³-hybridized carbons (Fsp3) is 0.235. The van der Waals surface area contributed by atoms with E-state index in [0.717, 1.165) is 24.1 Å². The molecule has 6 heteroatoms. The maximum absolute atomic E-state index is 13.5. The SMILES string of the molecule is CCc1ccc(NC(=O)NCC(O)c2ccc(F)cc2F)cc1. The number of benzene rings is 2. The second kappa shape index (κ2) is 7.69. The summed E-state index contributed by atoms with van der Waals surface area (Å²) in [6.07, 6.45) is -0.356. The van der Waals surface area contributed by atoms with Crippen LogP contribution >= 0.6 is 0 Å². The third-order valence-electron chi connectivity index (χ3n) is 3.40. The molecule has 0 aromatic heterocycles. The third kappa shape index (κ3) is 4.75. The zero-order valence-corrected chi connectivity index (χ0v) is 12.6. The van der Waals surface area contributed by atoms with E-state index in [1.165, 1.54) is 0 Å². The molecule has 0 aliphatic rings. The van der Waals surface area contributed by atoms with Crippen molar-refractivity contribution in [2.45, 2.75) is 19.4 Å². The molecule has 0 fully saturated rings.